The van der Waals surface area contributed by atoms with Gasteiger partial charge in [0.15, 0.2) is 0 Å². The average molecular weight is 121 g/mol. The molecule has 0 aromatic carbocycles. The number of nitrogens with zero attached hydrogens (tertiary/aromatic N) is 1. The Morgan fingerprint density at radius 3 is 2.14 bits per heavy atom. The van der Waals surface area contributed by atoms with Crippen molar-refractivity contribution in [3.63, 3.8) is 0 Å². The zero-order chi connectivity index (χ0) is 4.99. The van der Waals surface area contributed by atoms with Crippen LogP contribution in [0.4, 0.5) is 0 Å². The van der Waals surface area contributed by atoms with Crippen molar-refractivity contribution in [3.05, 3.63) is 0 Å². The van der Waals surface area contributed by atoms with Gasteiger partial charge in [0.2, 0.25) is 0 Å². The van der Waals surface area contributed by atoms with E-state index in [1.807, 2.05) is 6.07 Å². The Labute approximate surface area is 49.9 Å². The number of halogens is 1. The molecule has 3 heteroatoms. The second-order valence-corrected chi connectivity index (χ2v) is 1.14. The van der Waals surface area contributed by atoms with E-state index >= 15 is 0 Å². The Kier molecular flexibility index (Phi) is 8.10. The molecule has 0 rings (SSSR count). The Morgan fingerprint density at radius 2 is 2.14 bits per heavy atom. The zero-order valence-electron chi connectivity index (χ0n) is 4.43. The van der Waals surface area contributed by atoms with Gasteiger partial charge < -0.3 is 5.32 Å². The lowest BCUT2D eigenvalue weighted by Gasteiger charge is -1.92. The SMILES string of the molecule is CNC(C)C#N.Cl. The molecule has 0 saturated carbocycles. The molecular formula is C4H9ClN2. The quantitative estimate of drug-likeness (QED) is 0.548. The van der Waals surface area contributed by atoms with Crippen molar-refractivity contribution in [3.8, 4) is 6.07 Å². The van der Waals surface area contributed by atoms with E-state index in [4.69, 9.17) is 5.26 Å². The molecule has 1 atom stereocenters. The van der Waals surface area contributed by atoms with Gasteiger partial charge in [-0.3, -0.25) is 0 Å². The van der Waals surface area contributed by atoms with Crippen molar-refractivity contribution in [2.75, 3.05) is 7.05 Å². The van der Waals surface area contributed by atoms with Crippen molar-refractivity contribution in [1.82, 2.24) is 5.32 Å². The molecule has 0 aliphatic rings. The van der Waals surface area contributed by atoms with Gasteiger partial charge in [-0.2, -0.15) is 5.26 Å². The molecule has 0 aromatic rings. The first-order valence-electron chi connectivity index (χ1n) is 1.88. The highest BCUT2D eigenvalue weighted by Crippen LogP contribution is 1.67. The minimum atomic E-state index is -0.00926. The summed E-state index contributed by atoms with van der Waals surface area (Å²) in [6, 6.07) is 1.99. The highest BCUT2D eigenvalue weighted by molar-refractivity contribution is 5.85. The van der Waals surface area contributed by atoms with Crippen LogP contribution < -0.4 is 5.32 Å². The molecule has 0 radical (unpaired) electrons. The second-order valence-electron chi connectivity index (χ2n) is 1.14. The van der Waals surface area contributed by atoms with Gasteiger partial charge >= 0.3 is 0 Å². The smallest absolute Gasteiger partial charge is 0.0922 e. The maximum atomic E-state index is 8.02. The summed E-state index contributed by atoms with van der Waals surface area (Å²) in [5.41, 5.74) is 0. The van der Waals surface area contributed by atoms with Crippen LogP contribution in [0.15, 0.2) is 0 Å². The summed E-state index contributed by atoms with van der Waals surface area (Å²) < 4.78 is 0. The van der Waals surface area contributed by atoms with Crippen molar-refractivity contribution in [2.45, 2.75) is 13.0 Å². The molecule has 0 bridgehead atoms. The monoisotopic (exact) mass is 120 g/mol. The first-order valence-corrected chi connectivity index (χ1v) is 1.88. The third-order valence-corrected chi connectivity index (χ3v) is 0.627. The van der Waals surface area contributed by atoms with Crippen LogP contribution in [0.2, 0.25) is 0 Å². The topological polar surface area (TPSA) is 35.8 Å². The van der Waals surface area contributed by atoms with E-state index in [1.165, 1.54) is 0 Å². The molecule has 0 fully saturated rings. The molecule has 7 heavy (non-hydrogen) atoms. The summed E-state index contributed by atoms with van der Waals surface area (Å²) in [6.07, 6.45) is 0. The standard InChI is InChI=1S/C4H8N2.ClH/c1-4(3-5)6-2;/h4,6H,1-2H3;1H. The maximum Gasteiger partial charge on any atom is 0.0922 e. The van der Waals surface area contributed by atoms with Crippen LogP contribution in [0.5, 0.6) is 0 Å². The van der Waals surface area contributed by atoms with E-state index in [-0.39, 0.29) is 18.4 Å². The molecule has 0 saturated heterocycles. The third-order valence-electron chi connectivity index (χ3n) is 0.627. The van der Waals surface area contributed by atoms with Crippen LogP contribution in [-0.2, 0) is 0 Å². The third kappa shape index (κ3) is 5.74. The van der Waals surface area contributed by atoms with E-state index in [0.717, 1.165) is 0 Å². The number of rotatable bonds is 1. The molecule has 0 aliphatic heterocycles. The minimum Gasteiger partial charge on any atom is -0.305 e. The molecular weight excluding hydrogens is 112 g/mol. The lowest BCUT2D eigenvalue weighted by Crippen LogP contribution is -2.17. The Bertz CT molecular complexity index is 66.6. The molecule has 1 unspecified atom stereocenters. The highest BCUT2D eigenvalue weighted by Gasteiger charge is 1.86. The number of nitrogens with one attached hydrogen (secondary N) is 1. The van der Waals surface area contributed by atoms with E-state index < -0.39 is 0 Å². The van der Waals surface area contributed by atoms with Crippen LogP contribution in [0.25, 0.3) is 0 Å². The Morgan fingerprint density at radius 1 is 1.71 bits per heavy atom. The van der Waals surface area contributed by atoms with Gasteiger partial charge in [0.25, 0.3) is 0 Å². The lowest BCUT2D eigenvalue weighted by atomic mass is 10.4. The number of hydrogen-bond acceptors (Lipinski definition) is 2. The predicted molar refractivity (Wildman–Crippen MR) is 31.4 cm³/mol. The van der Waals surface area contributed by atoms with Crippen molar-refractivity contribution in [1.29, 1.82) is 5.26 Å². The van der Waals surface area contributed by atoms with E-state index in [9.17, 15) is 0 Å². The molecule has 0 amide bonds. The second kappa shape index (κ2) is 5.74. The van der Waals surface area contributed by atoms with Gasteiger partial charge in [0.05, 0.1) is 12.1 Å². The fraction of sp³-hybridized carbons (Fsp3) is 0.750. The Hall–Kier alpha value is -0.260. The van der Waals surface area contributed by atoms with Gasteiger partial charge in [-0.15, -0.1) is 12.4 Å². The van der Waals surface area contributed by atoms with Crippen molar-refractivity contribution >= 4 is 12.4 Å². The summed E-state index contributed by atoms with van der Waals surface area (Å²) in [4.78, 5) is 0. The highest BCUT2D eigenvalue weighted by atomic mass is 35.5. The maximum absolute atomic E-state index is 8.02. The van der Waals surface area contributed by atoms with E-state index in [1.54, 1.807) is 14.0 Å². The molecule has 0 aliphatic carbocycles. The van der Waals surface area contributed by atoms with Crippen LogP contribution >= 0.6 is 12.4 Å². The van der Waals surface area contributed by atoms with Crippen molar-refractivity contribution < 1.29 is 0 Å². The largest absolute Gasteiger partial charge is 0.305 e. The first kappa shape index (κ1) is 9.88. The summed E-state index contributed by atoms with van der Waals surface area (Å²) in [5, 5.41) is 10.8. The summed E-state index contributed by atoms with van der Waals surface area (Å²) >= 11 is 0. The van der Waals surface area contributed by atoms with E-state index in [2.05, 4.69) is 5.32 Å². The predicted octanol–water partition coefficient (Wildman–Crippen LogP) is 0.540. The summed E-state index contributed by atoms with van der Waals surface area (Å²) in [6.45, 7) is 1.81. The molecule has 0 heterocycles. The zero-order valence-corrected chi connectivity index (χ0v) is 5.25. The van der Waals surface area contributed by atoms with Crippen LogP contribution in [0.3, 0.4) is 0 Å². The van der Waals surface area contributed by atoms with Gasteiger partial charge in [-0.1, -0.05) is 0 Å². The van der Waals surface area contributed by atoms with Gasteiger partial charge in [0.1, 0.15) is 0 Å². The van der Waals surface area contributed by atoms with Crippen LogP contribution in [-0.4, -0.2) is 13.1 Å². The molecule has 0 aromatic heterocycles. The molecule has 2 nitrogen and oxygen atoms in total. The fourth-order valence-electron chi connectivity index (χ4n) is 0.0645. The first-order chi connectivity index (χ1) is 2.81. The van der Waals surface area contributed by atoms with Gasteiger partial charge in [-0.25, -0.2) is 0 Å². The average Bonchev–Trinajstić information content (AvgIpc) is 1.65. The molecule has 0 spiro atoms. The minimum absolute atomic E-state index is 0. The summed E-state index contributed by atoms with van der Waals surface area (Å²) in [5.74, 6) is 0. The van der Waals surface area contributed by atoms with E-state index in [0.29, 0.717) is 0 Å². The summed E-state index contributed by atoms with van der Waals surface area (Å²) in [7, 11) is 1.76. The Balaban J connectivity index is 0. The van der Waals surface area contributed by atoms with Gasteiger partial charge in [-0.05, 0) is 14.0 Å². The van der Waals surface area contributed by atoms with Crippen molar-refractivity contribution in [2.24, 2.45) is 0 Å². The van der Waals surface area contributed by atoms with Crippen LogP contribution in [0.1, 0.15) is 6.92 Å². The lowest BCUT2D eigenvalue weighted by molar-refractivity contribution is 0.741. The van der Waals surface area contributed by atoms with Crippen LogP contribution in [0, 0.1) is 11.3 Å². The number of hydrogen-bond donors (Lipinski definition) is 1. The normalized spacial score (nSPS) is 11.0. The molecule has 42 valence electrons. The molecule has 1 N–H and O–H groups in total. The fourth-order valence-corrected chi connectivity index (χ4v) is 0.0645. The number of nitriles is 1. The van der Waals surface area contributed by atoms with Gasteiger partial charge in [0, 0.05) is 0 Å².